The highest BCUT2D eigenvalue weighted by atomic mass is 32.2. The molecule has 3 aromatic rings. The Morgan fingerprint density at radius 2 is 1.72 bits per heavy atom. The van der Waals surface area contributed by atoms with E-state index in [-0.39, 0.29) is 42.1 Å². The number of aromatic nitrogens is 2. The predicted molar refractivity (Wildman–Crippen MR) is 159 cm³/mol. The third-order valence-electron chi connectivity index (χ3n) is 6.91. The molecule has 0 aliphatic carbocycles. The molecule has 0 bridgehead atoms. The summed E-state index contributed by atoms with van der Waals surface area (Å²) >= 11 is 0. The number of aliphatic hydroxyl groups is 1. The van der Waals surface area contributed by atoms with E-state index in [4.69, 9.17) is 0 Å². The zero-order valence-corrected chi connectivity index (χ0v) is 25.9. The zero-order valence-electron chi connectivity index (χ0n) is 25.1. The Morgan fingerprint density at radius 1 is 1.02 bits per heavy atom. The van der Waals surface area contributed by atoms with E-state index in [0.717, 1.165) is 24.3 Å². The minimum atomic E-state index is -4.56. The second-order valence-electron chi connectivity index (χ2n) is 10.9. The van der Waals surface area contributed by atoms with Crippen LogP contribution in [0, 0.1) is 18.6 Å². The molecule has 0 saturated carbocycles. The van der Waals surface area contributed by atoms with Gasteiger partial charge in [-0.25, -0.2) is 17.2 Å². The summed E-state index contributed by atoms with van der Waals surface area (Å²) in [6, 6.07) is 5.59. The van der Waals surface area contributed by atoms with Crippen LogP contribution in [0.4, 0.5) is 22.0 Å². The first-order chi connectivity index (χ1) is 21.6. The number of nitrogens with one attached hydrogen (secondary N) is 4. The summed E-state index contributed by atoms with van der Waals surface area (Å²) in [4.78, 5) is 26.4. The number of H-pyrrole nitrogens is 1. The Morgan fingerprint density at radius 3 is 2.33 bits per heavy atom. The number of halogens is 5. The van der Waals surface area contributed by atoms with E-state index in [2.05, 4.69) is 26.1 Å². The van der Waals surface area contributed by atoms with Crippen LogP contribution < -0.4 is 16.0 Å². The van der Waals surface area contributed by atoms with Gasteiger partial charge in [-0.3, -0.25) is 14.7 Å². The van der Waals surface area contributed by atoms with Gasteiger partial charge >= 0.3 is 6.18 Å². The van der Waals surface area contributed by atoms with Crippen molar-refractivity contribution in [2.24, 2.45) is 0 Å². The number of hydrogen-bond acceptors (Lipinski definition) is 7. The lowest BCUT2D eigenvalue weighted by Gasteiger charge is -2.27. The van der Waals surface area contributed by atoms with Gasteiger partial charge in [0.2, 0.25) is 5.91 Å². The summed E-state index contributed by atoms with van der Waals surface area (Å²) < 4.78 is 92.8. The van der Waals surface area contributed by atoms with Crippen LogP contribution in [0.1, 0.15) is 52.6 Å². The van der Waals surface area contributed by atoms with Crippen LogP contribution in [-0.2, 0) is 33.8 Å². The van der Waals surface area contributed by atoms with Crippen LogP contribution in [0.25, 0.3) is 0 Å². The maximum absolute atomic E-state index is 14.0. The van der Waals surface area contributed by atoms with E-state index in [1.807, 2.05) is 0 Å². The number of aromatic amines is 1. The summed E-state index contributed by atoms with van der Waals surface area (Å²) in [5.74, 6) is -4.68. The monoisotopic (exact) mass is 673 g/mol. The van der Waals surface area contributed by atoms with Crippen molar-refractivity contribution in [1.29, 1.82) is 0 Å². The van der Waals surface area contributed by atoms with Crippen LogP contribution in [0.15, 0.2) is 48.5 Å². The Labute approximate surface area is 263 Å². The number of hydrogen-bond donors (Lipinski definition) is 5. The summed E-state index contributed by atoms with van der Waals surface area (Å²) in [5.41, 5.74) is -0.137. The molecule has 0 aliphatic heterocycles. The number of unbranched alkanes of at least 4 members (excludes halogenated alkanes) is 1. The second-order valence-corrected chi connectivity index (χ2v) is 13.1. The van der Waals surface area contributed by atoms with Gasteiger partial charge < -0.3 is 21.1 Å². The van der Waals surface area contributed by atoms with Gasteiger partial charge in [-0.2, -0.15) is 18.3 Å². The van der Waals surface area contributed by atoms with Gasteiger partial charge in [0.1, 0.15) is 23.4 Å². The maximum atomic E-state index is 14.0. The highest BCUT2D eigenvalue weighted by Crippen LogP contribution is 2.29. The number of rotatable bonds is 16. The van der Waals surface area contributed by atoms with E-state index >= 15 is 0 Å². The van der Waals surface area contributed by atoms with Crippen molar-refractivity contribution in [3.05, 3.63) is 88.2 Å². The van der Waals surface area contributed by atoms with Crippen molar-refractivity contribution in [3.8, 4) is 0 Å². The van der Waals surface area contributed by atoms with E-state index in [0.29, 0.717) is 24.6 Å². The fourth-order valence-electron chi connectivity index (χ4n) is 4.57. The molecule has 2 aromatic carbocycles. The van der Waals surface area contributed by atoms with Crippen molar-refractivity contribution in [1.82, 2.24) is 26.1 Å². The van der Waals surface area contributed by atoms with E-state index in [9.17, 15) is 45.1 Å². The average molecular weight is 674 g/mol. The zero-order chi connectivity index (χ0) is 34.1. The van der Waals surface area contributed by atoms with Crippen LogP contribution in [0.3, 0.4) is 0 Å². The normalized spacial score (nSPS) is 14.0. The van der Waals surface area contributed by atoms with Crippen molar-refractivity contribution < 1.29 is 45.1 Å². The van der Waals surface area contributed by atoms with Crippen LogP contribution in [0.2, 0.25) is 0 Å². The number of carbonyl (C=O) groups excluding carboxylic acids is 2. The van der Waals surface area contributed by atoms with Crippen molar-refractivity contribution >= 4 is 21.7 Å². The molecule has 0 aliphatic rings. The molecule has 0 spiro atoms. The third kappa shape index (κ3) is 11.5. The fourth-order valence-corrected chi connectivity index (χ4v) is 6.21. The molecular weight excluding hydrogens is 637 g/mol. The topological polar surface area (TPSA) is 153 Å². The fraction of sp³-hybridized carbons (Fsp3) is 0.433. The van der Waals surface area contributed by atoms with Gasteiger partial charge in [0, 0.05) is 19.2 Å². The Kier molecular flexibility index (Phi) is 12.8. The molecule has 5 N–H and O–H groups in total. The van der Waals surface area contributed by atoms with E-state index < -0.39 is 69.0 Å². The Hall–Kier alpha value is -3.89. The molecule has 0 unspecified atom stereocenters. The van der Waals surface area contributed by atoms with Gasteiger partial charge in [0.05, 0.1) is 34.9 Å². The molecule has 16 heteroatoms. The first-order valence-corrected chi connectivity index (χ1v) is 16.2. The molecular formula is C30H36F5N5O5S. The molecule has 1 aromatic heterocycles. The largest absolute Gasteiger partial charge is 0.416 e. The molecule has 1 heterocycles. The van der Waals surface area contributed by atoms with Crippen LogP contribution in [0.5, 0.6) is 0 Å². The number of aryl methyl sites for hydroxylation is 1. The minimum absolute atomic E-state index is 0.0353. The third-order valence-corrected chi connectivity index (χ3v) is 8.66. The van der Waals surface area contributed by atoms with E-state index in [1.54, 1.807) is 13.8 Å². The molecule has 252 valence electrons. The van der Waals surface area contributed by atoms with Gasteiger partial charge in [0.15, 0.2) is 9.84 Å². The second kappa shape index (κ2) is 16.1. The maximum Gasteiger partial charge on any atom is 0.416 e. The molecule has 3 rings (SSSR count). The van der Waals surface area contributed by atoms with E-state index in [1.165, 1.54) is 18.2 Å². The average Bonchev–Trinajstić information content (AvgIpc) is 3.40. The number of carbonyl (C=O) groups is 2. The van der Waals surface area contributed by atoms with Crippen molar-refractivity contribution in [2.75, 3.05) is 18.1 Å². The number of aliphatic hydroxyl groups excluding tert-OH is 1. The molecule has 10 nitrogen and oxygen atoms in total. The molecule has 0 fully saturated rings. The lowest BCUT2D eigenvalue weighted by molar-refractivity contribution is -0.137. The van der Waals surface area contributed by atoms with Crippen molar-refractivity contribution in [2.45, 2.75) is 64.0 Å². The number of amides is 2. The van der Waals surface area contributed by atoms with Crippen molar-refractivity contribution in [3.63, 3.8) is 0 Å². The quantitative estimate of drug-likeness (QED) is 0.147. The highest BCUT2D eigenvalue weighted by molar-refractivity contribution is 7.91. The summed E-state index contributed by atoms with van der Waals surface area (Å²) in [6.45, 7) is 2.99. The number of sulfone groups is 1. The lowest BCUT2D eigenvalue weighted by Crippen LogP contribution is -2.56. The highest BCUT2D eigenvalue weighted by Gasteiger charge is 2.32. The van der Waals surface area contributed by atoms with Crippen LogP contribution >= 0.6 is 0 Å². The summed E-state index contributed by atoms with van der Waals surface area (Å²) in [6.07, 6.45) is -5.49. The SMILES string of the molecule is CCCCS(=O)(=O)C[C@@H](NC(=O)c1cc(C)n[nH]1)C(=O)N[C@@H](Cc1cc(F)cc(F)c1)[C@H](O)CNCc1cccc(C(F)(F)F)c1. The van der Waals surface area contributed by atoms with Gasteiger partial charge in [-0.15, -0.1) is 0 Å². The van der Waals surface area contributed by atoms with Crippen LogP contribution in [-0.4, -0.2) is 71.8 Å². The molecule has 0 saturated heterocycles. The van der Waals surface area contributed by atoms with Gasteiger partial charge in [-0.05, 0) is 55.2 Å². The van der Waals surface area contributed by atoms with Gasteiger partial charge in [-0.1, -0.05) is 31.5 Å². The smallest absolute Gasteiger partial charge is 0.390 e. The molecule has 2 amide bonds. The summed E-state index contributed by atoms with van der Waals surface area (Å²) in [5, 5.41) is 25.0. The number of alkyl halides is 3. The Bertz CT molecular complexity index is 1580. The minimum Gasteiger partial charge on any atom is -0.390 e. The number of nitrogens with zero attached hydrogens (tertiary/aromatic N) is 1. The number of benzene rings is 2. The first-order valence-electron chi connectivity index (χ1n) is 14.4. The molecule has 3 atom stereocenters. The Balaban J connectivity index is 1.82. The summed E-state index contributed by atoms with van der Waals surface area (Å²) in [7, 11) is -3.85. The first kappa shape index (κ1) is 36.6. The standard InChI is InChI=1S/C30H36F5N5O5S/c1-3-4-8-46(44,45)17-26(38-28(42)25-9-18(2)39-40-25)29(43)37-24(13-20-11-22(31)14-23(32)12-20)27(41)16-36-15-19-6-5-7-21(10-19)30(33,34)35/h5-7,9-12,14,24,26-27,36,41H,3-4,8,13,15-17H2,1-2H3,(H,37,43)(H,38,42)(H,39,40)/t24-,26+,27+/m0/s1. The molecule has 0 radical (unpaired) electrons. The molecule has 46 heavy (non-hydrogen) atoms. The van der Waals surface area contributed by atoms with Gasteiger partial charge in [0.25, 0.3) is 5.91 Å². The lowest BCUT2D eigenvalue weighted by atomic mass is 10.00. The predicted octanol–water partition coefficient (Wildman–Crippen LogP) is 3.21.